The lowest BCUT2D eigenvalue weighted by Crippen LogP contribution is -2.11. The number of hydrogen-bond donors (Lipinski definition) is 1. The van der Waals surface area contributed by atoms with Gasteiger partial charge in [0.05, 0.1) is 0 Å². The number of aryl methyl sites for hydroxylation is 1. The predicted molar refractivity (Wildman–Crippen MR) is 85.9 cm³/mol. The Bertz CT molecular complexity index is 635. The van der Waals surface area contributed by atoms with Crippen molar-refractivity contribution in [1.29, 1.82) is 0 Å². The van der Waals surface area contributed by atoms with Crippen molar-refractivity contribution in [2.24, 2.45) is 5.92 Å². The third kappa shape index (κ3) is 3.38. The minimum atomic E-state index is -0.358. The monoisotopic (exact) mass is 309 g/mol. The van der Waals surface area contributed by atoms with E-state index in [4.69, 9.17) is 17.3 Å². The van der Waals surface area contributed by atoms with Gasteiger partial charge < -0.3 is 10.3 Å². The Hall–Kier alpha value is -1.55. The lowest BCUT2D eigenvalue weighted by molar-refractivity contribution is 0.510. The van der Waals surface area contributed by atoms with Gasteiger partial charge >= 0.3 is 0 Å². The largest absolute Gasteiger partial charge is 0.383 e. The number of benzene rings is 1. The van der Waals surface area contributed by atoms with Crippen molar-refractivity contribution in [3.8, 4) is 11.3 Å². The molecule has 0 aliphatic carbocycles. The number of nitrogens with zero attached hydrogens (tertiary/aromatic N) is 2. The third-order valence-electron chi connectivity index (χ3n) is 3.29. The van der Waals surface area contributed by atoms with Crippen LogP contribution in [0.15, 0.2) is 18.2 Å². The molecule has 21 heavy (non-hydrogen) atoms. The van der Waals surface area contributed by atoms with E-state index in [0.717, 1.165) is 25.2 Å². The molecule has 2 rings (SSSR count). The van der Waals surface area contributed by atoms with Gasteiger partial charge in [-0.3, -0.25) is 0 Å². The molecule has 1 aromatic carbocycles. The van der Waals surface area contributed by atoms with Gasteiger partial charge in [-0.2, -0.15) is 0 Å². The molecule has 0 fully saturated rings. The maximum Gasteiger partial charge on any atom is 0.132 e. The number of anilines is 1. The summed E-state index contributed by atoms with van der Waals surface area (Å²) in [6.07, 6.45) is 1.78. The Balaban J connectivity index is 2.56. The third-order valence-corrected chi connectivity index (χ3v) is 3.53. The van der Waals surface area contributed by atoms with Crippen molar-refractivity contribution in [3.05, 3.63) is 34.9 Å². The van der Waals surface area contributed by atoms with Crippen LogP contribution < -0.4 is 5.73 Å². The van der Waals surface area contributed by atoms with Crippen LogP contribution in [-0.2, 0) is 13.0 Å². The second-order valence-corrected chi connectivity index (χ2v) is 6.08. The van der Waals surface area contributed by atoms with Crippen molar-refractivity contribution < 1.29 is 4.39 Å². The quantitative estimate of drug-likeness (QED) is 0.881. The Morgan fingerprint density at radius 1 is 1.38 bits per heavy atom. The fraction of sp³-hybridized carbons (Fsp3) is 0.438. The molecule has 0 bridgehead atoms. The van der Waals surface area contributed by atoms with Crippen LogP contribution in [0.25, 0.3) is 11.3 Å². The van der Waals surface area contributed by atoms with Crippen LogP contribution in [0.2, 0.25) is 5.02 Å². The normalized spacial score (nSPS) is 11.3. The first-order valence-corrected chi connectivity index (χ1v) is 7.62. The lowest BCUT2D eigenvalue weighted by atomic mass is 10.1. The summed E-state index contributed by atoms with van der Waals surface area (Å²) in [5.41, 5.74) is 7.07. The molecule has 0 aliphatic rings. The van der Waals surface area contributed by atoms with Gasteiger partial charge in [0.1, 0.15) is 23.2 Å². The van der Waals surface area contributed by atoms with Crippen LogP contribution in [0, 0.1) is 11.7 Å². The van der Waals surface area contributed by atoms with E-state index in [1.165, 1.54) is 12.1 Å². The first kappa shape index (κ1) is 15.8. The first-order valence-electron chi connectivity index (χ1n) is 7.24. The van der Waals surface area contributed by atoms with Crippen LogP contribution in [0.3, 0.4) is 0 Å². The van der Waals surface area contributed by atoms with E-state index in [-0.39, 0.29) is 5.82 Å². The Morgan fingerprint density at radius 3 is 2.71 bits per heavy atom. The van der Waals surface area contributed by atoms with Crippen LogP contribution in [-0.4, -0.2) is 9.55 Å². The average molecular weight is 310 g/mol. The summed E-state index contributed by atoms with van der Waals surface area (Å²) in [5, 5.41) is 0.473. The van der Waals surface area contributed by atoms with E-state index in [1.807, 2.05) is 4.57 Å². The van der Waals surface area contributed by atoms with Crippen LogP contribution in [0.1, 0.15) is 33.0 Å². The predicted octanol–water partition coefficient (Wildman–Crippen LogP) is 4.53. The maximum atomic E-state index is 14.1. The van der Waals surface area contributed by atoms with Gasteiger partial charge in [-0.25, -0.2) is 9.37 Å². The smallest absolute Gasteiger partial charge is 0.132 e. The number of rotatable bonds is 5. The number of nitrogens with two attached hydrogens (primary N) is 1. The average Bonchev–Trinajstić information content (AvgIpc) is 2.70. The molecule has 1 aromatic heterocycles. The Kier molecular flexibility index (Phi) is 4.88. The van der Waals surface area contributed by atoms with Crippen molar-refractivity contribution in [3.63, 3.8) is 0 Å². The summed E-state index contributed by atoms with van der Waals surface area (Å²) in [6.45, 7) is 7.10. The molecular formula is C16H21ClFN3. The van der Waals surface area contributed by atoms with Gasteiger partial charge in [-0.1, -0.05) is 32.4 Å². The molecule has 0 saturated carbocycles. The highest BCUT2D eigenvalue weighted by Gasteiger charge is 2.19. The summed E-state index contributed by atoms with van der Waals surface area (Å²) >= 11 is 5.97. The minimum Gasteiger partial charge on any atom is -0.383 e. The molecule has 2 N–H and O–H groups in total. The minimum absolute atomic E-state index is 0.358. The van der Waals surface area contributed by atoms with Crippen LogP contribution in [0.5, 0.6) is 0 Å². The molecule has 0 aliphatic heterocycles. The molecule has 5 heteroatoms. The van der Waals surface area contributed by atoms with E-state index in [9.17, 15) is 4.39 Å². The molecular weight excluding hydrogens is 289 g/mol. The Labute approximate surface area is 129 Å². The summed E-state index contributed by atoms with van der Waals surface area (Å²) in [4.78, 5) is 4.56. The van der Waals surface area contributed by atoms with Gasteiger partial charge in [0, 0.05) is 23.6 Å². The molecule has 0 saturated heterocycles. The SMILES string of the molecule is CCCc1nc(-c2cc(Cl)ccc2F)c(N)n1CC(C)C. The number of imidazole rings is 1. The fourth-order valence-corrected chi connectivity index (χ4v) is 2.55. The van der Waals surface area contributed by atoms with Crippen molar-refractivity contribution in [1.82, 2.24) is 9.55 Å². The highest BCUT2D eigenvalue weighted by Crippen LogP contribution is 2.31. The second kappa shape index (κ2) is 6.48. The van der Waals surface area contributed by atoms with Crippen molar-refractivity contribution in [2.45, 2.75) is 40.2 Å². The molecule has 0 radical (unpaired) electrons. The standard InChI is InChI=1S/C16H21ClFN3/c1-4-5-14-20-15(16(19)21(14)9-10(2)3)12-8-11(17)6-7-13(12)18/h6-8,10H,4-5,9,19H2,1-3H3. The zero-order chi connectivity index (χ0) is 15.6. The summed E-state index contributed by atoms with van der Waals surface area (Å²) in [5.74, 6) is 1.49. The molecule has 0 amide bonds. The van der Waals surface area contributed by atoms with Crippen LogP contribution in [0.4, 0.5) is 10.2 Å². The van der Waals surface area contributed by atoms with E-state index in [0.29, 0.717) is 28.0 Å². The van der Waals surface area contributed by atoms with Gasteiger partial charge in [0.15, 0.2) is 0 Å². The summed E-state index contributed by atoms with van der Waals surface area (Å²) < 4.78 is 16.1. The molecule has 0 spiro atoms. The number of hydrogen-bond acceptors (Lipinski definition) is 2. The molecule has 1 heterocycles. The van der Waals surface area contributed by atoms with Gasteiger partial charge in [0.2, 0.25) is 0 Å². The first-order chi connectivity index (χ1) is 9.93. The van der Waals surface area contributed by atoms with E-state index in [1.54, 1.807) is 6.07 Å². The van der Waals surface area contributed by atoms with Gasteiger partial charge in [-0.05, 0) is 30.5 Å². The Morgan fingerprint density at radius 2 is 2.10 bits per heavy atom. The maximum absolute atomic E-state index is 14.1. The van der Waals surface area contributed by atoms with Crippen molar-refractivity contribution >= 4 is 17.4 Å². The molecule has 114 valence electrons. The highest BCUT2D eigenvalue weighted by molar-refractivity contribution is 6.30. The zero-order valence-corrected chi connectivity index (χ0v) is 13.4. The van der Waals surface area contributed by atoms with Gasteiger partial charge in [0.25, 0.3) is 0 Å². The lowest BCUT2D eigenvalue weighted by Gasteiger charge is -2.12. The molecule has 3 nitrogen and oxygen atoms in total. The molecule has 0 unspecified atom stereocenters. The zero-order valence-electron chi connectivity index (χ0n) is 12.7. The summed E-state index contributed by atoms with van der Waals surface area (Å²) in [6, 6.07) is 4.44. The molecule has 2 aromatic rings. The van der Waals surface area contributed by atoms with Crippen LogP contribution >= 0.6 is 11.6 Å². The van der Waals surface area contributed by atoms with E-state index >= 15 is 0 Å². The van der Waals surface area contributed by atoms with E-state index in [2.05, 4.69) is 25.8 Å². The van der Waals surface area contributed by atoms with Crippen molar-refractivity contribution in [2.75, 3.05) is 5.73 Å². The highest BCUT2D eigenvalue weighted by atomic mass is 35.5. The molecule has 0 atom stereocenters. The second-order valence-electron chi connectivity index (χ2n) is 5.64. The fourth-order valence-electron chi connectivity index (χ4n) is 2.37. The van der Waals surface area contributed by atoms with E-state index < -0.39 is 0 Å². The topological polar surface area (TPSA) is 43.8 Å². The number of halogens is 2. The summed E-state index contributed by atoms with van der Waals surface area (Å²) in [7, 11) is 0. The number of aromatic nitrogens is 2. The number of nitrogen functional groups attached to an aromatic ring is 1. The van der Waals surface area contributed by atoms with Gasteiger partial charge in [-0.15, -0.1) is 0 Å².